The number of rotatable bonds is 6. The van der Waals surface area contributed by atoms with E-state index in [0.29, 0.717) is 43.6 Å². The van der Waals surface area contributed by atoms with Crippen LogP contribution in [0, 0.1) is 19.8 Å². The summed E-state index contributed by atoms with van der Waals surface area (Å²) in [6.07, 6.45) is 1.76. The molecule has 0 atom stereocenters. The molecule has 0 aromatic carbocycles. The summed E-state index contributed by atoms with van der Waals surface area (Å²) in [6, 6.07) is 0. The molecule has 7 nitrogen and oxygen atoms in total. The summed E-state index contributed by atoms with van der Waals surface area (Å²) in [7, 11) is -3.57. The smallest absolute Gasteiger partial charge is 0.244 e. The topological polar surface area (TPSA) is 93.5 Å². The highest BCUT2D eigenvalue weighted by Crippen LogP contribution is 2.20. The van der Waals surface area contributed by atoms with Gasteiger partial charge >= 0.3 is 0 Å². The molecule has 1 aliphatic heterocycles. The van der Waals surface area contributed by atoms with Gasteiger partial charge in [-0.3, -0.25) is 4.68 Å². The van der Waals surface area contributed by atoms with Crippen LogP contribution in [0.4, 0.5) is 0 Å². The van der Waals surface area contributed by atoms with Gasteiger partial charge in [0.05, 0.1) is 24.5 Å². The predicted octanol–water partition coefficient (Wildman–Crippen LogP) is 0.197. The maximum absolute atomic E-state index is 12.5. The molecule has 0 spiro atoms. The van der Waals surface area contributed by atoms with Crippen LogP contribution in [0.2, 0.25) is 0 Å². The van der Waals surface area contributed by atoms with Crippen LogP contribution < -0.4 is 4.72 Å². The zero-order chi connectivity index (χ0) is 15.5. The van der Waals surface area contributed by atoms with Crippen LogP contribution in [-0.2, 0) is 21.3 Å². The lowest BCUT2D eigenvalue weighted by Gasteiger charge is -2.22. The van der Waals surface area contributed by atoms with Gasteiger partial charge in [0.15, 0.2) is 0 Å². The molecular weight excluding hydrogens is 294 g/mol. The monoisotopic (exact) mass is 317 g/mol. The van der Waals surface area contributed by atoms with Gasteiger partial charge in [0, 0.05) is 19.8 Å². The summed E-state index contributed by atoms with van der Waals surface area (Å²) < 4.78 is 34.4. The minimum atomic E-state index is -3.57. The van der Waals surface area contributed by atoms with Crippen molar-refractivity contribution in [2.24, 2.45) is 5.92 Å². The predicted molar refractivity (Wildman–Crippen MR) is 77.5 cm³/mol. The molecule has 21 heavy (non-hydrogen) atoms. The van der Waals surface area contributed by atoms with Crippen molar-refractivity contribution in [1.29, 1.82) is 0 Å². The van der Waals surface area contributed by atoms with Crippen LogP contribution in [0.1, 0.15) is 24.2 Å². The van der Waals surface area contributed by atoms with Crippen molar-refractivity contribution in [3.05, 3.63) is 11.4 Å². The molecule has 1 aliphatic rings. The number of sulfonamides is 1. The lowest BCUT2D eigenvalue weighted by molar-refractivity contribution is 0.0678. The first-order chi connectivity index (χ1) is 9.95. The van der Waals surface area contributed by atoms with Gasteiger partial charge in [-0.05, 0) is 32.6 Å². The third kappa shape index (κ3) is 3.82. The first-order valence-corrected chi connectivity index (χ1v) is 8.66. The molecule has 0 aliphatic carbocycles. The molecule has 1 aromatic heterocycles. The van der Waals surface area contributed by atoms with Crippen molar-refractivity contribution < 1.29 is 18.3 Å². The van der Waals surface area contributed by atoms with Crippen LogP contribution >= 0.6 is 0 Å². The molecular formula is C13H23N3O4S. The fourth-order valence-corrected chi connectivity index (χ4v) is 4.16. The number of hydrogen-bond acceptors (Lipinski definition) is 5. The van der Waals surface area contributed by atoms with E-state index in [9.17, 15) is 8.42 Å². The molecule has 2 heterocycles. The average molecular weight is 317 g/mol. The molecule has 0 amide bonds. The van der Waals surface area contributed by atoms with E-state index in [-0.39, 0.29) is 11.5 Å². The Kier molecular flexibility index (Phi) is 5.37. The maximum Gasteiger partial charge on any atom is 0.244 e. The van der Waals surface area contributed by atoms with E-state index in [1.165, 1.54) is 4.68 Å². The highest BCUT2D eigenvalue weighted by molar-refractivity contribution is 7.89. The van der Waals surface area contributed by atoms with E-state index in [0.717, 1.165) is 12.8 Å². The SMILES string of the molecule is Cc1nn(CCO)c(C)c1S(=O)(=O)NCC1CCOCC1. The van der Waals surface area contributed by atoms with Gasteiger partial charge in [0.2, 0.25) is 10.0 Å². The Balaban J connectivity index is 2.11. The highest BCUT2D eigenvalue weighted by atomic mass is 32.2. The summed E-state index contributed by atoms with van der Waals surface area (Å²) in [5.41, 5.74) is 1.02. The van der Waals surface area contributed by atoms with E-state index in [1.807, 2.05) is 0 Å². The molecule has 1 fully saturated rings. The molecule has 0 unspecified atom stereocenters. The summed E-state index contributed by atoms with van der Waals surface area (Å²) in [4.78, 5) is 0.225. The second-order valence-corrected chi connectivity index (χ2v) is 7.06. The fourth-order valence-electron chi connectivity index (χ4n) is 2.63. The van der Waals surface area contributed by atoms with Crippen molar-refractivity contribution in [2.45, 2.75) is 38.1 Å². The van der Waals surface area contributed by atoms with Gasteiger partial charge in [0.1, 0.15) is 4.90 Å². The Labute approximate surface area is 125 Å². The first-order valence-electron chi connectivity index (χ1n) is 7.18. The van der Waals surface area contributed by atoms with Crippen molar-refractivity contribution in [3.8, 4) is 0 Å². The molecule has 120 valence electrons. The van der Waals surface area contributed by atoms with Crippen LogP contribution in [0.15, 0.2) is 4.90 Å². The molecule has 2 rings (SSSR count). The van der Waals surface area contributed by atoms with Crippen LogP contribution in [0.25, 0.3) is 0 Å². The van der Waals surface area contributed by atoms with Crippen molar-refractivity contribution in [2.75, 3.05) is 26.4 Å². The van der Waals surface area contributed by atoms with E-state index < -0.39 is 10.0 Å². The van der Waals surface area contributed by atoms with Gasteiger partial charge < -0.3 is 9.84 Å². The fraction of sp³-hybridized carbons (Fsp3) is 0.769. The van der Waals surface area contributed by atoms with Gasteiger partial charge in [-0.25, -0.2) is 13.1 Å². The van der Waals surface area contributed by atoms with Gasteiger partial charge in [-0.15, -0.1) is 0 Å². The van der Waals surface area contributed by atoms with Crippen molar-refractivity contribution in [1.82, 2.24) is 14.5 Å². The Morgan fingerprint density at radius 1 is 1.38 bits per heavy atom. The minimum Gasteiger partial charge on any atom is -0.394 e. The zero-order valence-electron chi connectivity index (χ0n) is 12.5. The van der Waals surface area contributed by atoms with Crippen LogP contribution in [0.3, 0.4) is 0 Å². The highest BCUT2D eigenvalue weighted by Gasteiger charge is 2.25. The van der Waals surface area contributed by atoms with Crippen LogP contribution in [-0.4, -0.2) is 49.7 Å². The minimum absolute atomic E-state index is 0.0725. The maximum atomic E-state index is 12.5. The van der Waals surface area contributed by atoms with Gasteiger partial charge in [-0.1, -0.05) is 0 Å². The van der Waals surface area contributed by atoms with E-state index in [4.69, 9.17) is 9.84 Å². The second kappa shape index (κ2) is 6.87. The molecule has 2 N–H and O–H groups in total. The zero-order valence-corrected chi connectivity index (χ0v) is 13.3. The number of aliphatic hydroxyl groups excluding tert-OH is 1. The molecule has 0 saturated carbocycles. The number of hydrogen-bond donors (Lipinski definition) is 2. The average Bonchev–Trinajstić information content (AvgIpc) is 2.73. The lowest BCUT2D eigenvalue weighted by Crippen LogP contribution is -2.32. The molecule has 0 radical (unpaired) electrons. The molecule has 0 bridgehead atoms. The number of ether oxygens (including phenoxy) is 1. The lowest BCUT2D eigenvalue weighted by atomic mass is 10.0. The van der Waals surface area contributed by atoms with E-state index >= 15 is 0 Å². The van der Waals surface area contributed by atoms with E-state index in [2.05, 4.69) is 9.82 Å². The standard InChI is InChI=1S/C13H23N3O4S/c1-10-13(11(2)16(15-10)5-6-17)21(18,19)14-9-12-3-7-20-8-4-12/h12,14,17H,3-9H2,1-2H3. The third-order valence-corrected chi connectivity index (χ3v) is 5.47. The Morgan fingerprint density at radius 3 is 2.67 bits per heavy atom. The number of nitrogens with one attached hydrogen (secondary N) is 1. The Hall–Kier alpha value is -0.960. The summed E-state index contributed by atoms with van der Waals surface area (Å²) in [5.74, 6) is 0.321. The van der Waals surface area contributed by atoms with Crippen LogP contribution in [0.5, 0.6) is 0 Å². The van der Waals surface area contributed by atoms with Crippen molar-refractivity contribution >= 4 is 10.0 Å². The first kappa shape index (κ1) is 16.4. The second-order valence-electron chi connectivity index (χ2n) is 5.35. The largest absolute Gasteiger partial charge is 0.394 e. The van der Waals surface area contributed by atoms with Gasteiger partial charge in [-0.2, -0.15) is 5.10 Å². The number of nitrogens with zero attached hydrogens (tertiary/aromatic N) is 2. The third-order valence-electron chi connectivity index (χ3n) is 3.80. The van der Waals surface area contributed by atoms with Gasteiger partial charge in [0.25, 0.3) is 0 Å². The van der Waals surface area contributed by atoms with Crippen molar-refractivity contribution in [3.63, 3.8) is 0 Å². The number of aromatic nitrogens is 2. The number of aryl methyl sites for hydroxylation is 1. The molecule has 1 aromatic rings. The molecule has 8 heteroatoms. The Morgan fingerprint density at radius 2 is 2.05 bits per heavy atom. The van der Waals surface area contributed by atoms with E-state index in [1.54, 1.807) is 13.8 Å². The quantitative estimate of drug-likeness (QED) is 0.781. The number of aliphatic hydroxyl groups is 1. The Bertz CT molecular complexity index is 576. The normalized spacial score (nSPS) is 17.3. The molecule has 1 saturated heterocycles. The summed E-state index contributed by atoms with van der Waals surface area (Å²) in [6.45, 7) is 5.41. The summed E-state index contributed by atoms with van der Waals surface area (Å²) >= 11 is 0. The summed E-state index contributed by atoms with van der Waals surface area (Å²) in [5, 5.41) is 13.2.